The highest BCUT2D eigenvalue weighted by atomic mass is 16.2. The number of hydrogen-bond donors (Lipinski definition) is 0. The first-order chi connectivity index (χ1) is 10.8. The normalized spacial score (nSPS) is 21.0. The number of amides is 1. The molecule has 128 valence electrons. The van der Waals surface area contributed by atoms with Gasteiger partial charge in [-0.1, -0.05) is 71.1 Å². The molecule has 2 aliphatic rings. The summed E-state index contributed by atoms with van der Waals surface area (Å²) < 4.78 is 0. The molecule has 0 aromatic rings. The summed E-state index contributed by atoms with van der Waals surface area (Å²) in [5.74, 6) is 0.482. The molecule has 1 amide bonds. The SMILES string of the molecule is CCCCCCCC(=O)N(C1CCCCC1)C1CCCCC1. The van der Waals surface area contributed by atoms with Gasteiger partial charge in [0.05, 0.1) is 0 Å². The molecular weight excluding hydrogens is 270 g/mol. The standard InChI is InChI=1S/C20H37NO/c1-2-3-4-5-12-17-20(22)21(18-13-8-6-9-14-18)19-15-10-7-11-16-19/h18-19H,2-17H2,1H3. The number of hydrogen-bond acceptors (Lipinski definition) is 1. The fourth-order valence-electron chi connectivity index (χ4n) is 4.43. The van der Waals surface area contributed by atoms with Crippen LogP contribution in [0.1, 0.15) is 110 Å². The van der Waals surface area contributed by atoms with Gasteiger partial charge in [-0.25, -0.2) is 0 Å². The smallest absolute Gasteiger partial charge is 0.223 e. The van der Waals surface area contributed by atoms with Crippen molar-refractivity contribution in [3.8, 4) is 0 Å². The molecule has 2 heteroatoms. The number of carbonyl (C=O) groups is 1. The molecule has 0 spiro atoms. The predicted octanol–water partition coefficient (Wildman–Crippen LogP) is 5.84. The van der Waals surface area contributed by atoms with E-state index in [0.29, 0.717) is 18.0 Å². The van der Waals surface area contributed by atoms with Crippen molar-refractivity contribution in [2.24, 2.45) is 0 Å². The summed E-state index contributed by atoms with van der Waals surface area (Å²) in [6.07, 6.45) is 20.2. The Morgan fingerprint density at radius 1 is 0.773 bits per heavy atom. The molecule has 0 aliphatic heterocycles. The van der Waals surface area contributed by atoms with E-state index in [2.05, 4.69) is 11.8 Å². The summed E-state index contributed by atoms with van der Waals surface area (Å²) in [6.45, 7) is 2.25. The van der Waals surface area contributed by atoms with Crippen molar-refractivity contribution in [2.45, 2.75) is 122 Å². The Hall–Kier alpha value is -0.530. The van der Waals surface area contributed by atoms with E-state index >= 15 is 0 Å². The summed E-state index contributed by atoms with van der Waals surface area (Å²) in [5, 5.41) is 0. The van der Waals surface area contributed by atoms with Crippen LogP contribution in [0.15, 0.2) is 0 Å². The molecule has 0 unspecified atom stereocenters. The third kappa shape index (κ3) is 5.59. The minimum Gasteiger partial charge on any atom is -0.337 e. The van der Waals surface area contributed by atoms with Crippen molar-refractivity contribution in [3.05, 3.63) is 0 Å². The number of carbonyl (C=O) groups excluding carboxylic acids is 1. The van der Waals surface area contributed by atoms with Crippen LogP contribution >= 0.6 is 0 Å². The molecule has 0 aromatic heterocycles. The lowest BCUT2D eigenvalue weighted by atomic mass is 9.88. The van der Waals surface area contributed by atoms with Gasteiger partial charge in [0.25, 0.3) is 0 Å². The largest absolute Gasteiger partial charge is 0.337 e. The van der Waals surface area contributed by atoms with Gasteiger partial charge in [0, 0.05) is 18.5 Å². The molecule has 22 heavy (non-hydrogen) atoms. The van der Waals surface area contributed by atoms with Gasteiger partial charge in [-0.05, 0) is 32.1 Å². The minimum absolute atomic E-state index is 0.482. The van der Waals surface area contributed by atoms with Crippen molar-refractivity contribution in [1.29, 1.82) is 0 Å². The van der Waals surface area contributed by atoms with Gasteiger partial charge < -0.3 is 4.90 Å². The lowest BCUT2D eigenvalue weighted by Crippen LogP contribution is -2.48. The first-order valence-corrected chi connectivity index (χ1v) is 10.1. The second-order valence-corrected chi connectivity index (χ2v) is 7.55. The second-order valence-electron chi connectivity index (χ2n) is 7.55. The highest BCUT2D eigenvalue weighted by Crippen LogP contribution is 2.31. The Morgan fingerprint density at radius 3 is 1.77 bits per heavy atom. The fourth-order valence-corrected chi connectivity index (χ4v) is 4.43. The third-order valence-electron chi connectivity index (χ3n) is 5.72. The highest BCUT2D eigenvalue weighted by molar-refractivity contribution is 5.77. The highest BCUT2D eigenvalue weighted by Gasteiger charge is 2.31. The van der Waals surface area contributed by atoms with E-state index in [1.165, 1.54) is 89.9 Å². The molecule has 0 bridgehead atoms. The van der Waals surface area contributed by atoms with Crippen LogP contribution in [0, 0.1) is 0 Å². The molecule has 0 radical (unpaired) electrons. The average Bonchev–Trinajstić information content (AvgIpc) is 2.57. The summed E-state index contributed by atoms with van der Waals surface area (Å²) in [5.41, 5.74) is 0. The topological polar surface area (TPSA) is 20.3 Å². The molecule has 0 saturated heterocycles. The lowest BCUT2D eigenvalue weighted by Gasteiger charge is -2.42. The summed E-state index contributed by atoms with van der Waals surface area (Å²) in [6, 6.07) is 1.14. The van der Waals surface area contributed by atoms with Crippen LogP contribution in [-0.4, -0.2) is 22.9 Å². The Bertz CT molecular complexity index is 285. The van der Waals surface area contributed by atoms with Gasteiger partial charge in [-0.2, -0.15) is 0 Å². The molecule has 2 nitrogen and oxygen atoms in total. The molecule has 0 atom stereocenters. The maximum absolute atomic E-state index is 12.9. The van der Waals surface area contributed by atoms with Gasteiger partial charge in [0.15, 0.2) is 0 Å². The van der Waals surface area contributed by atoms with Crippen LogP contribution in [0.25, 0.3) is 0 Å². The second kappa shape index (κ2) is 10.3. The maximum Gasteiger partial charge on any atom is 0.223 e. The predicted molar refractivity (Wildman–Crippen MR) is 94.0 cm³/mol. The molecule has 0 aromatic carbocycles. The quantitative estimate of drug-likeness (QED) is 0.516. The van der Waals surface area contributed by atoms with Gasteiger partial charge in [-0.15, -0.1) is 0 Å². The van der Waals surface area contributed by atoms with Crippen LogP contribution in [0.5, 0.6) is 0 Å². The first kappa shape index (κ1) is 17.8. The van der Waals surface area contributed by atoms with E-state index in [1.54, 1.807) is 0 Å². The number of nitrogens with zero attached hydrogens (tertiary/aromatic N) is 1. The number of rotatable bonds is 8. The average molecular weight is 308 g/mol. The van der Waals surface area contributed by atoms with E-state index in [4.69, 9.17) is 0 Å². The molecular formula is C20H37NO. The molecule has 2 fully saturated rings. The Morgan fingerprint density at radius 2 is 1.27 bits per heavy atom. The van der Waals surface area contributed by atoms with Crippen molar-refractivity contribution in [1.82, 2.24) is 4.90 Å². The zero-order chi connectivity index (χ0) is 15.6. The fraction of sp³-hybridized carbons (Fsp3) is 0.950. The van der Waals surface area contributed by atoms with Crippen LogP contribution in [0.4, 0.5) is 0 Å². The molecule has 0 N–H and O–H groups in total. The van der Waals surface area contributed by atoms with Gasteiger partial charge in [-0.3, -0.25) is 4.79 Å². The molecule has 2 rings (SSSR count). The van der Waals surface area contributed by atoms with Crippen LogP contribution in [-0.2, 0) is 4.79 Å². The lowest BCUT2D eigenvalue weighted by molar-refractivity contribution is -0.138. The molecule has 0 heterocycles. The molecule has 2 aliphatic carbocycles. The van der Waals surface area contributed by atoms with Gasteiger partial charge >= 0.3 is 0 Å². The minimum atomic E-state index is 0.482. The number of unbranched alkanes of at least 4 members (excludes halogenated alkanes) is 4. The first-order valence-electron chi connectivity index (χ1n) is 10.1. The maximum atomic E-state index is 12.9. The van der Waals surface area contributed by atoms with E-state index in [1.807, 2.05) is 0 Å². The van der Waals surface area contributed by atoms with Crippen LogP contribution in [0.3, 0.4) is 0 Å². The zero-order valence-electron chi connectivity index (χ0n) is 14.8. The monoisotopic (exact) mass is 307 g/mol. The van der Waals surface area contributed by atoms with Crippen LogP contribution in [0.2, 0.25) is 0 Å². The van der Waals surface area contributed by atoms with Crippen molar-refractivity contribution >= 4 is 5.91 Å². The van der Waals surface area contributed by atoms with Gasteiger partial charge in [0.2, 0.25) is 5.91 Å². The van der Waals surface area contributed by atoms with Gasteiger partial charge in [0.1, 0.15) is 0 Å². The summed E-state index contributed by atoms with van der Waals surface area (Å²) in [4.78, 5) is 15.3. The third-order valence-corrected chi connectivity index (χ3v) is 5.72. The Labute approximate surface area is 138 Å². The zero-order valence-corrected chi connectivity index (χ0v) is 14.8. The van der Waals surface area contributed by atoms with E-state index in [9.17, 15) is 4.79 Å². The van der Waals surface area contributed by atoms with E-state index < -0.39 is 0 Å². The summed E-state index contributed by atoms with van der Waals surface area (Å²) in [7, 11) is 0. The van der Waals surface area contributed by atoms with Crippen LogP contribution < -0.4 is 0 Å². The van der Waals surface area contributed by atoms with E-state index in [-0.39, 0.29) is 0 Å². The molecule has 2 saturated carbocycles. The van der Waals surface area contributed by atoms with E-state index in [0.717, 1.165) is 12.8 Å². The Kier molecular flexibility index (Phi) is 8.33. The van der Waals surface area contributed by atoms with Crippen molar-refractivity contribution in [3.63, 3.8) is 0 Å². The van der Waals surface area contributed by atoms with Crippen molar-refractivity contribution in [2.75, 3.05) is 0 Å². The van der Waals surface area contributed by atoms with Crippen molar-refractivity contribution < 1.29 is 4.79 Å². The Balaban J connectivity index is 1.86. The summed E-state index contributed by atoms with van der Waals surface area (Å²) >= 11 is 0.